The fourth-order valence-corrected chi connectivity index (χ4v) is 7.23. The Balaban J connectivity index is 1.32. The SMILES string of the molecule is C=C(F)C(=O)N1CCN(c2nc(OCC3CCCN3C(=O)OC(C)(C)C)nc3c2CCN(c2cccc4cccc(Cl)c24)C3)CC1CC#N. The Labute approximate surface area is 290 Å². The van der Waals surface area contributed by atoms with Crippen LogP contribution in [0.1, 0.15) is 51.3 Å². The zero-order valence-electron chi connectivity index (χ0n) is 28.1. The molecule has 2 aromatic carbocycles. The van der Waals surface area contributed by atoms with Gasteiger partial charge in [0.1, 0.15) is 18.0 Å². The minimum Gasteiger partial charge on any atom is -0.461 e. The molecule has 2 amide bonds. The van der Waals surface area contributed by atoms with E-state index in [2.05, 4.69) is 23.6 Å². The number of carbonyl (C=O) groups excluding carboxylic acids is 2. The van der Waals surface area contributed by atoms with E-state index < -0.39 is 23.4 Å². The lowest BCUT2D eigenvalue weighted by Crippen LogP contribution is -2.55. The van der Waals surface area contributed by atoms with Gasteiger partial charge in [-0.15, -0.1) is 0 Å². The van der Waals surface area contributed by atoms with Crippen molar-refractivity contribution in [1.82, 2.24) is 19.8 Å². The van der Waals surface area contributed by atoms with E-state index in [4.69, 9.17) is 31.0 Å². The van der Waals surface area contributed by atoms with Gasteiger partial charge in [-0.25, -0.2) is 9.18 Å². The van der Waals surface area contributed by atoms with Crippen LogP contribution >= 0.6 is 11.6 Å². The van der Waals surface area contributed by atoms with Crippen molar-refractivity contribution in [3.05, 3.63) is 65.1 Å². The molecule has 13 heteroatoms. The minimum atomic E-state index is -1.05. The topological polar surface area (TPSA) is 115 Å². The summed E-state index contributed by atoms with van der Waals surface area (Å²) in [7, 11) is 0. The summed E-state index contributed by atoms with van der Waals surface area (Å²) >= 11 is 6.70. The van der Waals surface area contributed by atoms with Crippen LogP contribution in [0.2, 0.25) is 5.02 Å². The van der Waals surface area contributed by atoms with Gasteiger partial charge in [0.05, 0.1) is 41.8 Å². The first-order valence-electron chi connectivity index (χ1n) is 16.6. The number of amides is 2. The van der Waals surface area contributed by atoms with Crippen molar-refractivity contribution in [3.63, 3.8) is 0 Å². The lowest BCUT2D eigenvalue weighted by molar-refractivity contribution is -0.131. The molecule has 258 valence electrons. The van der Waals surface area contributed by atoms with Crippen LogP contribution in [0.3, 0.4) is 0 Å². The maximum atomic E-state index is 13.9. The Bertz CT molecular complexity index is 1800. The van der Waals surface area contributed by atoms with E-state index in [9.17, 15) is 19.2 Å². The predicted octanol–water partition coefficient (Wildman–Crippen LogP) is 6.04. The number of piperazine rings is 1. The highest BCUT2D eigenvalue weighted by Gasteiger charge is 2.36. The van der Waals surface area contributed by atoms with Crippen molar-refractivity contribution in [2.24, 2.45) is 0 Å². The van der Waals surface area contributed by atoms with Gasteiger partial charge in [0.2, 0.25) is 0 Å². The first-order chi connectivity index (χ1) is 23.4. The van der Waals surface area contributed by atoms with Crippen LogP contribution in [0.25, 0.3) is 10.8 Å². The molecule has 0 N–H and O–H groups in total. The Morgan fingerprint density at radius 2 is 1.84 bits per heavy atom. The Morgan fingerprint density at radius 3 is 2.57 bits per heavy atom. The van der Waals surface area contributed by atoms with Crippen molar-refractivity contribution >= 4 is 45.9 Å². The summed E-state index contributed by atoms with van der Waals surface area (Å²) in [6.07, 6.45) is 1.88. The Hall–Kier alpha value is -4.63. The molecule has 49 heavy (non-hydrogen) atoms. The van der Waals surface area contributed by atoms with Gasteiger partial charge < -0.3 is 29.1 Å². The first kappa shape index (κ1) is 34.2. The molecule has 2 atom stereocenters. The van der Waals surface area contributed by atoms with Gasteiger partial charge in [-0.05, 0) is 57.6 Å². The number of carbonyl (C=O) groups is 2. The van der Waals surface area contributed by atoms with E-state index in [1.54, 1.807) is 4.90 Å². The monoisotopic (exact) mass is 689 g/mol. The van der Waals surface area contributed by atoms with Gasteiger partial charge >= 0.3 is 12.1 Å². The van der Waals surface area contributed by atoms with Gasteiger partial charge in [0.15, 0.2) is 5.83 Å². The van der Waals surface area contributed by atoms with Gasteiger partial charge in [0.25, 0.3) is 5.91 Å². The zero-order chi connectivity index (χ0) is 34.9. The second-order valence-electron chi connectivity index (χ2n) is 13.7. The van der Waals surface area contributed by atoms with Crippen molar-refractivity contribution in [2.45, 2.75) is 70.7 Å². The zero-order valence-corrected chi connectivity index (χ0v) is 28.9. The molecular formula is C36H41ClFN7O4. The third-order valence-electron chi connectivity index (χ3n) is 9.21. The molecule has 2 saturated heterocycles. The number of aromatic nitrogens is 2. The Morgan fingerprint density at radius 1 is 1.06 bits per heavy atom. The van der Waals surface area contributed by atoms with Gasteiger partial charge in [-0.1, -0.05) is 42.4 Å². The number of fused-ring (bicyclic) bond motifs is 2. The third-order valence-corrected chi connectivity index (χ3v) is 9.52. The summed E-state index contributed by atoms with van der Waals surface area (Å²) < 4.78 is 25.8. The second kappa shape index (κ2) is 14.1. The van der Waals surface area contributed by atoms with Crippen LogP contribution in [0.15, 0.2) is 48.8 Å². The molecule has 2 unspecified atom stereocenters. The number of anilines is 2. The summed E-state index contributed by atoms with van der Waals surface area (Å²) in [5, 5.41) is 12.2. The summed E-state index contributed by atoms with van der Waals surface area (Å²) in [6.45, 7) is 11.5. The molecule has 2 fully saturated rings. The van der Waals surface area contributed by atoms with E-state index in [0.717, 1.165) is 40.6 Å². The maximum absolute atomic E-state index is 13.9. The number of ether oxygens (including phenoxy) is 2. The summed E-state index contributed by atoms with van der Waals surface area (Å²) in [5.74, 6) is -1.18. The highest BCUT2D eigenvalue weighted by atomic mass is 35.5. The van der Waals surface area contributed by atoms with Crippen molar-refractivity contribution in [1.29, 1.82) is 5.26 Å². The standard InChI is InChI=1S/C36H41ClFN7O4/c1-23(38)33(46)44-19-18-43(20-25(44)13-15-39)32-27-14-17-42(30-12-6-9-24-8-5-11-28(37)31(24)30)21-29(27)40-34(41-32)48-22-26-10-7-16-45(26)35(47)49-36(2,3)4/h5-6,8-9,11-12,25-26H,1,7,10,13-14,16-22H2,2-4H3. The minimum absolute atomic E-state index is 0.0317. The Kier molecular flexibility index (Phi) is 9.84. The van der Waals surface area contributed by atoms with Crippen LogP contribution in [-0.4, -0.2) is 88.8 Å². The number of likely N-dealkylation sites (tertiary alicyclic amines) is 1. The molecule has 3 aliphatic rings. The molecule has 0 radical (unpaired) electrons. The lowest BCUT2D eigenvalue weighted by Gasteiger charge is -2.42. The maximum Gasteiger partial charge on any atom is 0.410 e. The fourth-order valence-electron chi connectivity index (χ4n) is 6.95. The van der Waals surface area contributed by atoms with E-state index in [1.165, 1.54) is 4.90 Å². The molecule has 0 aliphatic carbocycles. The quantitative estimate of drug-likeness (QED) is 0.274. The van der Waals surface area contributed by atoms with E-state index in [1.807, 2.05) is 56.0 Å². The predicted molar refractivity (Wildman–Crippen MR) is 185 cm³/mol. The average molecular weight is 690 g/mol. The molecule has 6 rings (SSSR count). The number of benzene rings is 2. The van der Waals surface area contributed by atoms with Gasteiger partial charge in [-0.2, -0.15) is 15.2 Å². The first-order valence-corrected chi connectivity index (χ1v) is 17.0. The number of nitrogens with zero attached hydrogens (tertiary/aromatic N) is 7. The van der Waals surface area contributed by atoms with Crippen LogP contribution in [0, 0.1) is 11.3 Å². The van der Waals surface area contributed by atoms with Crippen molar-refractivity contribution < 1.29 is 23.5 Å². The second-order valence-corrected chi connectivity index (χ2v) is 14.1. The largest absolute Gasteiger partial charge is 0.461 e. The highest BCUT2D eigenvalue weighted by Crippen LogP contribution is 2.37. The van der Waals surface area contributed by atoms with Crippen LogP contribution < -0.4 is 14.5 Å². The molecule has 1 aromatic heterocycles. The fraction of sp³-hybridized carbons (Fsp3) is 0.472. The molecule has 11 nitrogen and oxygen atoms in total. The number of halogens is 2. The molecule has 0 spiro atoms. The summed E-state index contributed by atoms with van der Waals surface area (Å²) in [4.78, 5) is 42.7. The van der Waals surface area contributed by atoms with E-state index in [-0.39, 0.29) is 44.3 Å². The summed E-state index contributed by atoms with van der Waals surface area (Å²) in [6, 6.07) is 13.6. The molecule has 0 bridgehead atoms. The molecule has 3 aliphatic heterocycles. The number of hydrogen-bond donors (Lipinski definition) is 0. The molecule has 0 saturated carbocycles. The normalized spacial score (nSPS) is 19.4. The smallest absolute Gasteiger partial charge is 0.410 e. The van der Waals surface area contributed by atoms with Crippen molar-refractivity contribution in [3.8, 4) is 12.1 Å². The van der Waals surface area contributed by atoms with E-state index >= 15 is 0 Å². The van der Waals surface area contributed by atoms with Gasteiger partial charge in [0, 0.05) is 49.4 Å². The molecule has 3 aromatic rings. The number of hydrogen-bond acceptors (Lipinski definition) is 9. The highest BCUT2D eigenvalue weighted by molar-refractivity contribution is 6.36. The van der Waals surface area contributed by atoms with Crippen LogP contribution in [-0.2, 0) is 22.5 Å². The number of rotatable bonds is 7. The van der Waals surface area contributed by atoms with Crippen LogP contribution in [0.5, 0.6) is 6.01 Å². The number of nitriles is 1. The van der Waals surface area contributed by atoms with Gasteiger partial charge in [-0.3, -0.25) is 4.79 Å². The van der Waals surface area contributed by atoms with Crippen molar-refractivity contribution in [2.75, 3.05) is 49.1 Å². The van der Waals surface area contributed by atoms with Crippen LogP contribution in [0.4, 0.5) is 20.7 Å². The van der Waals surface area contributed by atoms with E-state index in [0.29, 0.717) is 43.4 Å². The lowest BCUT2D eigenvalue weighted by atomic mass is 10.0. The summed E-state index contributed by atoms with van der Waals surface area (Å²) in [5.41, 5.74) is 2.13. The molecule has 4 heterocycles. The molecular weight excluding hydrogens is 649 g/mol. The third kappa shape index (κ3) is 7.37. The average Bonchev–Trinajstić information content (AvgIpc) is 3.55.